The van der Waals surface area contributed by atoms with Gasteiger partial charge in [0.1, 0.15) is 0 Å². The largest absolute Gasteiger partial charge is 0.439 e. The Hall–Kier alpha value is -1.85. The van der Waals surface area contributed by atoms with Crippen molar-refractivity contribution < 1.29 is 4.52 Å². The molecular weight excluding hydrogens is 172 g/mol. The second-order valence-electron chi connectivity index (χ2n) is 2.75. The van der Waals surface area contributed by atoms with E-state index in [1.807, 2.05) is 6.92 Å². The van der Waals surface area contributed by atoms with E-state index in [4.69, 9.17) is 0 Å². The highest BCUT2D eigenvalue weighted by Gasteiger charge is 2.09. The number of aryl methyl sites for hydroxylation is 2. The molecule has 2 rings (SSSR count). The molecule has 0 aromatic carbocycles. The topological polar surface area (TPSA) is 76.7 Å². The molecule has 6 heteroatoms. The molecule has 0 unspecified atom stereocenters. The zero-order valence-corrected chi connectivity index (χ0v) is 7.24. The number of H-pyrrole nitrogens is 1. The Morgan fingerprint density at radius 2 is 2.38 bits per heavy atom. The van der Waals surface area contributed by atoms with Gasteiger partial charge in [-0.15, -0.1) is 0 Å². The minimum atomic E-state index is -0.557. The van der Waals surface area contributed by atoms with Gasteiger partial charge in [0.2, 0.25) is 0 Å². The van der Waals surface area contributed by atoms with Gasteiger partial charge in [0.15, 0.2) is 5.82 Å². The second-order valence-corrected chi connectivity index (χ2v) is 2.75. The maximum Gasteiger partial charge on any atom is 0.439 e. The fraction of sp³-hybridized carbons (Fsp3) is 0.286. The van der Waals surface area contributed by atoms with Crippen LogP contribution in [0.5, 0.6) is 0 Å². The minimum absolute atomic E-state index is 0.413. The van der Waals surface area contributed by atoms with Crippen molar-refractivity contribution in [2.45, 2.75) is 6.92 Å². The van der Waals surface area contributed by atoms with Crippen molar-refractivity contribution in [1.29, 1.82) is 0 Å². The van der Waals surface area contributed by atoms with Gasteiger partial charge in [0.25, 0.3) is 0 Å². The molecule has 2 heterocycles. The summed E-state index contributed by atoms with van der Waals surface area (Å²) in [4.78, 5) is 13.1. The van der Waals surface area contributed by atoms with E-state index in [9.17, 15) is 4.79 Å². The quantitative estimate of drug-likeness (QED) is 0.673. The number of nitrogens with one attached hydrogen (secondary N) is 1. The number of nitrogens with zero attached hydrogens (tertiary/aromatic N) is 3. The molecule has 6 nitrogen and oxygen atoms in total. The third-order valence-corrected chi connectivity index (χ3v) is 1.71. The molecule has 0 saturated carbocycles. The average molecular weight is 180 g/mol. The van der Waals surface area contributed by atoms with Gasteiger partial charge in [-0.2, -0.15) is 5.10 Å². The van der Waals surface area contributed by atoms with Gasteiger partial charge in [0, 0.05) is 13.2 Å². The lowest BCUT2D eigenvalue weighted by atomic mass is 10.2. The standard InChI is InChI=1S/C7H8N4O2/c1-4-5(3-11(2)9-4)6-8-7(12)13-10-6/h3H,1-2H3,(H,8,10,12). The minimum Gasteiger partial charge on any atom is -0.296 e. The summed E-state index contributed by atoms with van der Waals surface area (Å²) in [5.41, 5.74) is 1.57. The van der Waals surface area contributed by atoms with Crippen molar-refractivity contribution in [2.24, 2.45) is 7.05 Å². The highest BCUT2D eigenvalue weighted by atomic mass is 16.5. The predicted octanol–water partition coefficient (Wildman–Crippen LogP) is 0.0718. The van der Waals surface area contributed by atoms with Gasteiger partial charge in [-0.25, -0.2) is 4.79 Å². The normalized spacial score (nSPS) is 10.6. The molecule has 0 amide bonds. The first kappa shape index (κ1) is 7.78. The first-order valence-corrected chi connectivity index (χ1v) is 3.73. The van der Waals surface area contributed by atoms with Gasteiger partial charge < -0.3 is 0 Å². The van der Waals surface area contributed by atoms with Crippen molar-refractivity contribution in [3.8, 4) is 11.4 Å². The number of hydrogen-bond donors (Lipinski definition) is 1. The summed E-state index contributed by atoms with van der Waals surface area (Å²) in [6.07, 6.45) is 1.77. The number of aromatic nitrogens is 4. The zero-order chi connectivity index (χ0) is 9.42. The average Bonchev–Trinajstić information content (AvgIpc) is 2.58. The Morgan fingerprint density at radius 1 is 1.62 bits per heavy atom. The molecule has 0 aliphatic carbocycles. The summed E-state index contributed by atoms with van der Waals surface area (Å²) in [7, 11) is 1.80. The lowest BCUT2D eigenvalue weighted by molar-refractivity contribution is 0.388. The van der Waals surface area contributed by atoms with E-state index in [2.05, 4.69) is 19.8 Å². The molecule has 0 fully saturated rings. The van der Waals surface area contributed by atoms with Crippen LogP contribution >= 0.6 is 0 Å². The first-order chi connectivity index (χ1) is 6.16. The summed E-state index contributed by atoms with van der Waals surface area (Å²) in [5, 5.41) is 7.67. The molecular formula is C7H8N4O2. The fourth-order valence-corrected chi connectivity index (χ4v) is 1.18. The van der Waals surface area contributed by atoms with Gasteiger partial charge in [0.05, 0.1) is 11.3 Å². The highest BCUT2D eigenvalue weighted by molar-refractivity contribution is 5.55. The van der Waals surface area contributed by atoms with E-state index in [0.29, 0.717) is 5.82 Å². The van der Waals surface area contributed by atoms with Crippen LogP contribution in [0.2, 0.25) is 0 Å². The van der Waals surface area contributed by atoms with Crippen LogP contribution in [-0.4, -0.2) is 19.9 Å². The number of hydrogen-bond acceptors (Lipinski definition) is 4. The Labute approximate surface area is 73.2 Å². The Balaban J connectivity index is 2.57. The maximum absolute atomic E-state index is 10.7. The molecule has 0 aliphatic rings. The summed E-state index contributed by atoms with van der Waals surface area (Å²) in [6, 6.07) is 0. The van der Waals surface area contributed by atoms with Gasteiger partial charge in [-0.1, -0.05) is 5.16 Å². The van der Waals surface area contributed by atoms with E-state index in [1.165, 1.54) is 0 Å². The van der Waals surface area contributed by atoms with Crippen LogP contribution in [0.3, 0.4) is 0 Å². The number of aromatic amines is 1. The molecule has 1 N–H and O–H groups in total. The molecule has 0 aliphatic heterocycles. The van der Waals surface area contributed by atoms with Crippen LogP contribution in [0.4, 0.5) is 0 Å². The smallest absolute Gasteiger partial charge is 0.296 e. The molecule has 2 aromatic rings. The number of rotatable bonds is 1. The van der Waals surface area contributed by atoms with Crippen molar-refractivity contribution in [1.82, 2.24) is 19.9 Å². The summed E-state index contributed by atoms with van der Waals surface area (Å²) >= 11 is 0. The summed E-state index contributed by atoms with van der Waals surface area (Å²) in [5.74, 6) is -0.145. The molecule has 2 aromatic heterocycles. The van der Waals surface area contributed by atoms with Gasteiger partial charge in [-0.05, 0) is 6.92 Å². The fourth-order valence-electron chi connectivity index (χ4n) is 1.18. The Bertz CT molecular complexity index is 479. The summed E-state index contributed by atoms with van der Waals surface area (Å²) in [6.45, 7) is 1.84. The molecule has 13 heavy (non-hydrogen) atoms. The van der Waals surface area contributed by atoms with Crippen molar-refractivity contribution in [3.63, 3.8) is 0 Å². The van der Waals surface area contributed by atoms with Crippen LogP contribution in [-0.2, 0) is 7.05 Å². The van der Waals surface area contributed by atoms with E-state index in [0.717, 1.165) is 11.3 Å². The van der Waals surface area contributed by atoms with Crippen LogP contribution in [0.1, 0.15) is 5.69 Å². The van der Waals surface area contributed by atoms with Crippen LogP contribution in [0.15, 0.2) is 15.5 Å². The molecule has 0 spiro atoms. The molecule has 0 saturated heterocycles. The van der Waals surface area contributed by atoms with E-state index >= 15 is 0 Å². The molecule has 68 valence electrons. The Kier molecular flexibility index (Phi) is 1.54. The van der Waals surface area contributed by atoms with E-state index in [1.54, 1.807) is 17.9 Å². The summed E-state index contributed by atoms with van der Waals surface area (Å²) < 4.78 is 6.04. The van der Waals surface area contributed by atoms with Crippen molar-refractivity contribution in [2.75, 3.05) is 0 Å². The second kappa shape index (κ2) is 2.58. The molecule has 0 atom stereocenters. The highest BCUT2D eigenvalue weighted by Crippen LogP contribution is 2.15. The lowest BCUT2D eigenvalue weighted by Gasteiger charge is -1.86. The third-order valence-electron chi connectivity index (χ3n) is 1.71. The Morgan fingerprint density at radius 3 is 2.85 bits per heavy atom. The van der Waals surface area contributed by atoms with Crippen LogP contribution in [0, 0.1) is 6.92 Å². The van der Waals surface area contributed by atoms with Crippen molar-refractivity contribution >= 4 is 0 Å². The predicted molar refractivity (Wildman–Crippen MR) is 44.1 cm³/mol. The van der Waals surface area contributed by atoms with Gasteiger partial charge >= 0.3 is 5.76 Å². The van der Waals surface area contributed by atoms with Crippen LogP contribution in [0.25, 0.3) is 11.4 Å². The SMILES string of the molecule is Cc1nn(C)cc1-c1noc(=O)[nH]1. The van der Waals surface area contributed by atoms with E-state index in [-0.39, 0.29) is 0 Å². The first-order valence-electron chi connectivity index (χ1n) is 3.73. The maximum atomic E-state index is 10.7. The molecule has 0 radical (unpaired) electrons. The van der Waals surface area contributed by atoms with E-state index < -0.39 is 5.76 Å². The van der Waals surface area contributed by atoms with Crippen LogP contribution < -0.4 is 5.76 Å². The van der Waals surface area contributed by atoms with Crippen molar-refractivity contribution in [3.05, 3.63) is 22.4 Å². The monoisotopic (exact) mass is 180 g/mol. The third kappa shape index (κ3) is 1.26. The van der Waals surface area contributed by atoms with Gasteiger partial charge in [-0.3, -0.25) is 14.2 Å². The molecule has 0 bridgehead atoms. The lowest BCUT2D eigenvalue weighted by Crippen LogP contribution is -1.94. The zero-order valence-electron chi connectivity index (χ0n) is 7.24.